The maximum absolute atomic E-state index is 13.1. The van der Waals surface area contributed by atoms with Gasteiger partial charge in [-0.3, -0.25) is 4.79 Å². The number of carboxylic acids is 1. The highest BCUT2D eigenvalue weighted by molar-refractivity contribution is 9.10. The third-order valence-electron chi connectivity index (χ3n) is 2.55. The van der Waals surface area contributed by atoms with E-state index in [0.717, 1.165) is 22.5 Å². The normalized spacial score (nSPS) is 13.5. The van der Waals surface area contributed by atoms with Crippen LogP contribution in [0.3, 0.4) is 0 Å². The molecule has 5 nitrogen and oxygen atoms in total. The van der Waals surface area contributed by atoms with E-state index in [9.17, 15) is 17.6 Å². The number of nitrogens with zero attached hydrogens (tertiary/aromatic N) is 1. The average molecular weight is 354 g/mol. The molecular weight excluding hydrogens is 341 g/mol. The van der Waals surface area contributed by atoms with Crippen molar-refractivity contribution in [2.75, 3.05) is 13.6 Å². The predicted octanol–water partition coefficient (Wildman–Crippen LogP) is 1.93. The third-order valence-corrected chi connectivity index (χ3v) is 4.98. The second-order valence-electron chi connectivity index (χ2n) is 4.10. The molecule has 19 heavy (non-hydrogen) atoms. The summed E-state index contributed by atoms with van der Waals surface area (Å²) in [4.78, 5) is 10.6. The summed E-state index contributed by atoms with van der Waals surface area (Å²) >= 11 is 2.91. The van der Waals surface area contributed by atoms with Crippen LogP contribution in [0.1, 0.15) is 6.92 Å². The van der Waals surface area contributed by atoms with Gasteiger partial charge in [0, 0.05) is 13.6 Å². The summed E-state index contributed by atoms with van der Waals surface area (Å²) in [6.45, 7) is 1.25. The SMILES string of the molecule is CC(CN(C)S(=O)(=O)c1ccc(F)c(Br)c1)C(=O)O. The first kappa shape index (κ1) is 16.1. The Bertz CT molecular complexity index is 590. The van der Waals surface area contributed by atoms with E-state index in [1.54, 1.807) is 0 Å². The van der Waals surface area contributed by atoms with Crippen molar-refractivity contribution in [2.24, 2.45) is 5.92 Å². The number of hydrogen-bond acceptors (Lipinski definition) is 3. The summed E-state index contributed by atoms with van der Waals surface area (Å²) in [5.74, 6) is -2.48. The number of benzene rings is 1. The fourth-order valence-corrected chi connectivity index (χ4v) is 3.20. The van der Waals surface area contributed by atoms with Gasteiger partial charge < -0.3 is 5.11 Å². The van der Waals surface area contributed by atoms with Gasteiger partial charge in [-0.05, 0) is 34.1 Å². The Hall–Kier alpha value is -0.990. The van der Waals surface area contributed by atoms with Crippen molar-refractivity contribution >= 4 is 31.9 Å². The lowest BCUT2D eigenvalue weighted by atomic mass is 10.2. The monoisotopic (exact) mass is 353 g/mol. The van der Waals surface area contributed by atoms with Gasteiger partial charge in [0.2, 0.25) is 10.0 Å². The van der Waals surface area contributed by atoms with Crippen LogP contribution in [-0.2, 0) is 14.8 Å². The Kier molecular flexibility index (Phi) is 5.05. The summed E-state index contributed by atoms with van der Waals surface area (Å²) in [6, 6.07) is 3.31. The molecule has 0 saturated carbocycles. The van der Waals surface area contributed by atoms with Crippen molar-refractivity contribution in [1.82, 2.24) is 4.31 Å². The average Bonchev–Trinajstić information content (AvgIpc) is 2.32. The summed E-state index contributed by atoms with van der Waals surface area (Å²) in [5, 5.41) is 8.77. The molecular formula is C11H13BrFNO4S. The predicted molar refractivity (Wildman–Crippen MR) is 70.7 cm³/mol. The van der Waals surface area contributed by atoms with E-state index < -0.39 is 27.7 Å². The zero-order valence-corrected chi connectivity index (χ0v) is 12.7. The Morgan fingerprint density at radius 2 is 2.11 bits per heavy atom. The zero-order valence-electron chi connectivity index (χ0n) is 10.3. The molecule has 0 spiro atoms. The van der Waals surface area contributed by atoms with E-state index in [1.165, 1.54) is 14.0 Å². The number of rotatable bonds is 5. The highest BCUT2D eigenvalue weighted by Crippen LogP contribution is 2.22. The summed E-state index contributed by atoms with van der Waals surface area (Å²) in [6.07, 6.45) is 0. The Balaban J connectivity index is 3.03. The Morgan fingerprint density at radius 3 is 2.58 bits per heavy atom. The van der Waals surface area contributed by atoms with Gasteiger partial charge in [-0.1, -0.05) is 6.92 Å². The van der Waals surface area contributed by atoms with Gasteiger partial charge in [-0.2, -0.15) is 0 Å². The first-order chi connectivity index (χ1) is 8.66. The smallest absolute Gasteiger partial charge is 0.307 e. The van der Waals surface area contributed by atoms with Crippen LogP contribution in [0.5, 0.6) is 0 Å². The summed E-state index contributed by atoms with van der Waals surface area (Å²) in [5.41, 5.74) is 0. The molecule has 8 heteroatoms. The molecule has 0 radical (unpaired) electrons. The molecule has 0 aromatic heterocycles. The van der Waals surface area contributed by atoms with Crippen molar-refractivity contribution in [2.45, 2.75) is 11.8 Å². The molecule has 1 unspecified atom stereocenters. The van der Waals surface area contributed by atoms with Crippen LogP contribution < -0.4 is 0 Å². The molecule has 0 fully saturated rings. The maximum Gasteiger partial charge on any atom is 0.307 e. The second kappa shape index (κ2) is 5.98. The lowest BCUT2D eigenvalue weighted by Crippen LogP contribution is -2.33. The minimum atomic E-state index is -3.83. The van der Waals surface area contributed by atoms with Crippen molar-refractivity contribution in [1.29, 1.82) is 0 Å². The van der Waals surface area contributed by atoms with Crippen molar-refractivity contribution in [3.05, 3.63) is 28.5 Å². The fraction of sp³-hybridized carbons (Fsp3) is 0.364. The third kappa shape index (κ3) is 3.74. The molecule has 0 aliphatic carbocycles. The molecule has 0 saturated heterocycles. The van der Waals surface area contributed by atoms with Gasteiger partial charge >= 0.3 is 5.97 Å². The molecule has 0 heterocycles. The molecule has 0 bridgehead atoms. The van der Waals surface area contributed by atoms with E-state index in [-0.39, 0.29) is 15.9 Å². The summed E-state index contributed by atoms with van der Waals surface area (Å²) < 4.78 is 38.3. The quantitative estimate of drug-likeness (QED) is 0.877. The molecule has 0 aliphatic rings. The first-order valence-electron chi connectivity index (χ1n) is 5.30. The Labute approximate surface area is 119 Å². The van der Waals surface area contributed by atoms with Gasteiger partial charge in [-0.25, -0.2) is 17.1 Å². The van der Waals surface area contributed by atoms with Crippen molar-refractivity contribution in [3.8, 4) is 0 Å². The van der Waals surface area contributed by atoms with E-state index in [1.807, 2.05) is 0 Å². The number of carboxylic acid groups (broad SMARTS) is 1. The minimum Gasteiger partial charge on any atom is -0.481 e. The van der Waals surface area contributed by atoms with Crippen LogP contribution in [0.2, 0.25) is 0 Å². The molecule has 1 rings (SSSR count). The molecule has 1 aromatic rings. The van der Waals surface area contributed by atoms with Crippen LogP contribution in [0.25, 0.3) is 0 Å². The van der Waals surface area contributed by atoms with E-state index in [4.69, 9.17) is 5.11 Å². The highest BCUT2D eigenvalue weighted by Gasteiger charge is 2.25. The minimum absolute atomic E-state index is 0.0354. The van der Waals surface area contributed by atoms with Gasteiger partial charge in [0.15, 0.2) is 0 Å². The number of halogens is 2. The summed E-state index contributed by atoms with van der Waals surface area (Å²) in [7, 11) is -2.55. The van der Waals surface area contributed by atoms with E-state index in [2.05, 4.69) is 15.9 Å². The molecule has 1 atom stereocenters. The second-order valence-corrected chi connectivity index (χ2v) is 7.00. The van der Waals surface area contributed by atoms with Gasteiger partial charge in [0.05, 0.1) is 15.3 Å². The van der Waals surface area contributed by atoms with Gasteiger partial charge in [0.1, 0.15) is 5.82 Å². The first-order valence-corrected chi connectivity index (χ1v) is 7.53. The van der Waals surface area contributed by atoms with Crippen molar-refractivity contribution in [3.63, 3.8) is 0 Å². The van der Waals surface area contributed by atoms with Crippen LogP contribution in [0, 0.1) is 11.7 Å². The topological polar surface area (TPSA) is 74.7 Å². The van der Waals surface area contributed by atoms with Crippen LogP contribution in [0.4, 0.5) is 4.39 Å². The lowest BCUT2D eigenvalue weighted by Gasteiger charge is -2.19. The molecule has 0 aliphatic heterocycles. The molecule has 1 aromatic carbocycles. The van der Waals surface area contributed by atoms with Gasteiger partial charge in [-0.15, -0.1) is 0 Å². The molecule has 0 amide bonds. The maximum atomic E-state index is 13.1. The van der Waals surface area contributed by atoms with E-state index >= 15 is 0 Å². The molecule has 106 valence electrons. The molecule has 1 N–H and O–H groups in total. The van der Waals surface area contributed by atoms with Crippen molar-refractivity contribution < 1.29 is 22.7 Å². The largest absolute Gasteiger partial charge is 0.481 e. The van der Waals surface area contributed by atoms with Crippen LogP contribution in [-0.4, -0.2) is 37.4 Å². The fourth-order valence-electron chi connectivity index (χ4n) is 1.38. The number of sulfonamides is 1. The number of aliphatic carboxylic acids is 1. The van der Waals surface area contributed by atoms with Crippen LogP contribution >= 0.6 is 15.9 Å². The number of carbonyl (C=O) groups is 1. The zero-order chi connectivity index (χ0) is 14.8. The van der Waals surface area contributed by atoms with Crippen LogP contribution in [0.15, 0.2) is 27.6 Å². The van der Waals surface area contributed by atoms with E-state index in [0.29, 0.717) is 0 Å². The van der Waals surface area contributed by atoms with Gasteiger partial charge in [0.25, 0.3) is 0 Å². The highest BCUT2D eigenvalue weighted by atomic mass is 79.9. The standard InChI is InChI=1S/C11H13BrFNO4S/c1-7(11(15)16)6-14(2)19(17,18)8-3-4-10(13)9(12)5-8/h3-5,7H,6H2,1-2H3,(H,15,16). The Morgan fingerprint density at radius 1 is 1.53 bits per heavy atom. The number of hydrogen-bond donors (Lipinski definition) is 1. The lowest BCUT2D eigenvalue weighted by molar-refractivity contribution is -0.141.